The minimum absolute atomic E-state index is 0.0460. The third-order valence-corrected chi connectivity index (χ3v) is 6.79. The summed E-state index contributed by atoms with van der Waals surface area (Å²) in [4.78, 5) is 23.9. The summed E-state index contributed by atoms with van der Waals surface area (Å²) in [5, 5.41) is 5.32. The fourth-order valence-corrected chi connectivity index (χ4v) is 4.93. The molecule has 0 heterocycles. The van der Waals surface area contributed by atoms with Crippen LogP contribution in [0.2, 0.25) is 5.02 Å². The van der Waals surface area contributed by atoms with E-state index < -0.39 is 22.0 Å². The standard InChI is InChI=1S/C21H26ClN3O4S/c1-5-25(17-9-7-6-8-10-17)30(28,29)19-13-16(11-12-18(19)22)24-21(27)20(14(2)3)23-15(4)26/h6-14,20H,5H2,1-4H3,(H,23,26)(H,24,27). The molecular weight excluding hydrogens is 426 g/mol. The number of rotatable bonds is 8. The zero-order valence-electron chi connectivity index (χ0n) is 17.3. The molecule has 9 heteroatoms. The van der Waals surface area contributed by atoms with Crippen LogP contribution in [0.25, 0.3) is 0 Å². The monoisotopic (exact) mass is 451 g/mol. The maximum absolute atomic E-state index is 13.3. The molecule has 2 aromatic carbocycles. The number of carbonyl (C=O) groups excluding carboxylic acids is 2. The van der Waals surface area contributed by atoms with E-state index in [0.717, 1.165) is 0 Å². The molecule has 2 amide bonds. The van der Waals surface area contributed by atoms with Crippen LogP contribution in [0, 0.1) is 5.92 Å². The van der Waals surface area contributed by atoms with Crippen LogP contribution in [0.1, 0.15) is 27.7 Å². The van der Waals surface area contributed by atoms with E-state index in [1.165, 1.54) is 29.4 Å². The van der Waals surface area contributed by atoms with E-state index in [1.54, 1.807) is 51.1 Å². The van der Waals surface area contributed by atoms with E-state index in [0.29, 0.717) is 5.69 Å². The SMILES string of the molecule is CCN(c1ccccc1)S(=O)(=O)c1cc(NC(=O)C(NC(C)=O)C(C)C)ccc1Cl. The molecule has 0 aliphatic heterocycles. The van der Waals surface area contributed by atoms with E-state index >= 15 is 0 Å². The number of nitrogens with one attached hydrogen (secondary N) is 2. The van der Waals surface area contributed by atoms with Crippen molar-refractivity contribution in [3.63, 3.8) is 0 Å². The van der Waals surface area contributed by atoms with Crippen molar-refractivity contribution in [3.05, 3.63) is 53.6 Å². The molecule has 2 N–H and O–H groups in total. The zero-order chi connectivity index (χ0) is 22.5. The lowest BCUT2D eigenvalue weighted by Gasteiger charge is -2.24. The first-order chi connectivity index (χ1) is 14.1. The van der Waals surface area contributed by atoms with Crippen LogP contribution in [0.15, 0.2) is 53.4 Å². The van der Waals surface area contributed by atoms with Crippen molar-refractivity contribution in [2.24, 2.45) is 5.92 Å². The Morgan fingerprint density at radius 1 is 1.10 bits per heavy atom. The Kier molecular flexibility index (Phi) is 7.86. The summed E-state index contributed by atoms with van der Waals surface area (Å²) in [5.41, 5.74) is 0.777. The van der Waals surface area contributed by atoms with Gasteiger partial charge in [0.2, 0.25) is 11.8 Å². The highest BCUT2D eigenvalue weighted by Crippen LogP contribution is 2.30. The summed E-state index contributed by atoms with van der Waals surface area (Å²) in [6.45, 7) is 6.87. The van der Waals surface area contributed by atoms with Crippen LogP contribution in [0.5, 0.6) is 0 Å². The first kappa shape index (κ1) is 23.7. The molecule has 0 aliphatic carbocycles. The van der Waals surface area contributed by atoms with E-state index in [2.05, 4.69) is 10.6 Å². The molecule has 2 rings (SSSR count). The van der Waals surface area contributed by atoms with Gasteiger partial charge in [-0.05, 0) is 43.2 Å². The molecule has 0 bridgehead atoms. The molecule has 0 aliphatic rings. The maximum atomic E-state index is 13.3. The lowest BCUT2D eigenvalue weighted by molar-refractivity contribution is -0.126. The number of sulfonamides is 1. The van der Waals surface area contributed by atoms with Gasteiger partial charge in [-0.25, -0.2) is 8.42 Å². The Balaban J connectivity index is 2.38. The largest absolute Gasteiger partial charge is 0.344 e. The van der Waals surface area contributed by atoms with E-state index in [4.69, 9.17) is 11.6 Å². The van der Waals surface area contributed by atoms with Crippen LogP contribution in [-0.4, -0.2) is 32.8 Å². The number of hydrogen-bond donors (Lipinski definition) is 2. The normalized spacial score (nSPS) is 12.3. The van der Waals surface area contributed by atoms with E-state index in [9.17, 15) is 18.0 Å². The van der Waals surface area contributed by atoms with Gasteiger partial charge in [-0.2, -0.15) is 0 Å². The van der Waals surface area contributed by atoms with Gasteiger partial charge in [0.1, 0.15) is 10.9 Å². The van der Waals surface area contributed by atoms with Crippen molar-refractivity contribution < 1.29 is 18.0 Å². The van der Waals surface area contributed by atoms with Gasteiger partial charge in [-0.15, -0.1) is 0 Å². The maximum Gasteiger partial charge on any atom is 0.265 e. The molecule has 0 spiro atoms. The van der Waals surface area contributed by atoms with Crippen LogP contribution in [0.4, 0.5) is 11.4 Å². The van der Waals surface area contributed by atoms with Crippen molar-refractivity contribution in [3.8, 4) is 0 Å². The lowest BCUT2D eigenvalue weighted by Crippen LogP contribution is -2.46. The Morgan fingerprint density at radius 2 is 1.73 bits per heavy atom. The minimum Gasteiger partial charge on any atom is -0.344 e. The average molecular weight is 452 g/mol. The predicted octanol–water partition coefficient (Wildman–Crippen LogP) is 3.65. The van der Waals surface area contributed by atoms with Crippen molar-refractivity contribution in [2.45, 2.75) is 38.6 Å². The molecule has 0 radical (unpaired) electrons. The lowest BCUT2D eigenvalue weighted by atomic mass is 10.0. The highest BCUT2D eigenvalue weighted by atomic mass is 35.5. The number of benzene rings is 2. The molecule has 162 valence electrons. The summed E-state index contributed by atoms with van der Waals surface area (Å²) in [5.74, 6) is -0.927. The number of halogens is 1. The Hall–Kier alpha value is -2.58. The van der Waals surface area contributed by atoms with Gasteiger partial charge in [0, 0.05) is 19.2 Å². The number of carbonyl (C=O) groups is 2. The summed E-state index contributed by atoms with van der Waals surface area (Å²) in [7, 11) is -3.97. The van der Waals surface area contributed by atoms with Crippen LogP contribution in [-0.2, 0) is 19.6 Å². The quantitative estimate of drug-likeness (QED) is 0.640. The van der Waals surface area contributed by atoms with Crippen LogP contribution in [0.3, 0.4) is 0 Å². The van der Waals surface area contributed by atoms with Crippen molar-refractivity contribution in [1.82, 2.24) is 5.32 Å². The molecule has 0 fully saturated rings. The number of para-hydroxylation sites is 1. The van der Waals surface area contributed by atoms with Gasteiger partial charge in [0.15, 0.2) is 0 Å². The molecule has 7 nitrogen and oxygen atoms in total. The molecular formula is C21H26ClN3O4S. The van der Waals surface area contributed by atoms with Gasteiger partial charge in [0.25, 0.3) is 10.0 Å². The van der Waals surface area contributed by atoms with Gasteiger partial charge in [-0.3, -0.25) is 13.9 Å². The fourth-order valence-electron chi connectivity index (χ4n) is 2.96. The summed E-state index contributed by atoms with van der Waals surface area (Å²) < 4.78 is 27.8. The van der Waals surface area contributed by atoms with Crippen molar-refractivity contribution >= 4 is 44.8 Å². The van der Waals surface area contributed by atoms with Gasteiger partial charge in [0.05, 0.1) is 10.7 Å². The summed E-state index contributed by atoms with van der Waals surface area (Å²) in [6, 6.07) is 12.2. The van der Waals surface area contributed by atoms with Crippen LogP contribution >= 0.6 is 11.6 Å². The molecule has 1 atom stereocenters. The number of nitrogens with zero attached hydrogens (tertiary/aromatic N) is 1. The van der Waals surface area contributed by atoms with E-state index in [-0.39, 0.29) is 34.0 Å². The molecule has 30 heavy (non-hydrogen) atoms. The second-order valence-corrected chi connectivity index (χ2v) is 9.30. The van der Waals surface area contributed by atoms with Crippen molar-refractivity contribution in [2.75, 3.05) is 16.2 Å². The minimum atomic E-state index is -3.97. The number of anilines is 2. The second-order valence-electron chi connectivity index (χ2n) is 7.06. The average Bonchev–Trinajstić information content (AvgIpc) is 2.68. The smallest absolute Gasteiger partial charge is 0.265 e. The topological polar surface area (TPSA) is 95.6 Å². The summed E-state index contributed by atoms with van der Waals surface area (Å²) >= 11 is 6.21. The van der Waals surface area contributed by atoms with Crippen molar-refractivity contribution in [1.29, 1.82) is 0 Å². The first-order valence-corrected chi connectivity index (χ1v) is 11.3. The third-order valence-electron chi connectivity index (χ3n) is 4.41. The molecule has 0 saturated carbocycles. The molecule has 1 unspecified atom stereocenters. The Bertz CT molecular complexity index is 1010. The Labute approximate surface area is 182 Å². The Morgan fingerprint density at radius 3 is 2.27 bits per heavy atom. The van der Waals surface area contributed by atoms with Gasteiger partial charge in [-0.1, -0.05) is 43.6 Å². The highest BCUT2D eigenvalue weighted by molar-refractivity contribution is 7.93. The fraction of sp³-hybridized carbons (Fsp3) is 0.333. The number of amides is 2. The first-order valence-electron chi connectivity index (χ1n) is 9.53. The zero-order valence-corrected chi connectivity index (χ0v) is 18.9. The van der Waals surface area contributed by atoms with Crippen LogP contribution < -0.4 is 14.9 Å². The van der Waals surface area contributed by atoms with E-state index in [1.807, 2.05) is 0 Å². The van der Waals surface area contributed by atoms with Gasteiger partial charge < -0.3 is 10.6 Å². The predicted molar refractivity (Wildman–Crippen MR) is 119 cm³/mol. The molecule has 0 aromatic heterocycles. The molecule has 0 saturated heterocycles. The number of hydrogen-bond acceptors (Lipinski definition) is 4. The summed E-state index contributed by atoms with van der Waals surface area (Å²) in [6.07, 6.45) is 0. The second kappa shape index (κ2) is 9.95. The molecule has 2 aromatic rings. The highest BCUT2D eigenvalue weighted by Gasteiger charge is 2.28. The van der Waals surface area contributed by atoms with Gasteiger partial charge >= 0.3 is 0 Å². The third kappa shape index (κ3) is 5.52.